The molecule has 0 atom stereocenters. The molecule has 0 spiro atoms. The van der Waals surface area contributed by atoms with E-state index in [4.69, 9.17) is 0 Å². The number of aliphatic carboxylic acids is 1. The van der Waals surface area contributed by atoms with Crippen LogP contribution in [-0.2, 0) is 17.8 Å². The van der Waals surface area contributed by atoms with Gasteiger partial charge in [0.1, 0.15) is 0 Å². The van der Waals surface area contributed by atoms with Crippen LogP contribution in [0.1, 0.15) is 57.2 Å². The second kappa shape index (κ2) is 5.50. The molecule has 1 heterocycles. The first-order valence-corrected chi connectivity index (χ1v) is 7.68. The van der Waals surface area contributed by atoms with Crippen LogP contribution in [0.2, 0.25) is 0 Å². The minimum Gasteiger partial charge on any atom is -0.481 e. The molecule has 0 aromatic carbocycles. The first kappa shape index (κ1) is 13.5. The van der Waals surface area contributed by atoms with E-state index in [9.17, 15) is 9.90 Å². The number of aromatic nitrogens is 4. The zero-order chi connectivity index (χ0) is 14.0. The van der Waals surface area contributed by atoms with Crippen molar-refractivity contribution >= 4 is 5.97 Å². The summed E-state index contributed by atoms with van der Waals surface area (Å²) in [6.45, 7) is 0.428. The van der Waals surface area contributed by atoms with Gasteiger partial charge < -0.3 is 5.11 Å². The summed E-state index contributed by atoms with van der Waals surface area (Å²) >= 11 is 0. The van der Waals surface area contributed by atoms with E-state index >= 15 is 0 Å². The number of carbonyl (C=O) groups is 1. The first-order valence-electron chi connectivity index (χ1n) is 7.68. The number of hydrogen-bond acceptors (Lipinski definition) is 4. The maximum absolute atomic E-state index is 11.3. The maximum Gasteiger partial charge on any atom is 0.311 e. The molecule has 0 radical (unpaired) electrons. The van der Waals surface area contributed by atoms with Crippen molar-refractivity contribution in [2.45, 2.75) is 64.3 Å². The van der Waals surface area contributed by atoms with E-state index in [1.165, 1.54) is 38.5 Å². The predicted octanol–water partition coefficient (Wildman–Crippen LogP) is 2.05. The average Bonchev–Trinajstić information content (AvgIpc) is 3.14. The average molecular weight is 278 g/mol. The normalized spacial score (nSPS) is 22.4. The Hall–Kier alpha value is -1.46. The summed E-state index contributed by atoms with van der Waals surface area (Å²) < 4.78 is 1.73. The highest BCUT2D eigenvalue weighted by molar-refractivity contribution is 5.77. The van der Waals surface area contributed by atoms with Crippen molar-refractivity contribution in [3.8, 4) is 0 Å². The first-order chi connectivity index (χ1) is 9.70. The second-order valence-corrected chi connectivity index (χ2v) is 6.40. The summed E-state index contributed by atoms with van der Waals surface area (Å²) in [5.74, 6) is 0.806. The van der Waals surface area contributed by atoms with E-state index in [0.29, 0.717) is 12.5 Å². The van der Waals surface area contributed by atoms with Crippen molar-refractivity contribution < 1.29 is 9.90 Å². The molecule has 2 aliphatic carbocycles. The molecule has 0 saturated heterocycles. The fraction of sp³-hybridized carbons (Fsp3) is 0.857. The number of rotatable bonds is 5. The van der Waals surface area contributed by atoms with Gasteiger partial charge in [-0.15, -0.1) is 5.10 Å². The number of tetrazole rings is 1. The molecule has 3 rings (SSSR count). The SMILES string of the molecule is O=C(O)C1(Cn2nnnc2CC2CCCCCC2)CC1. The molecule has 6 heteroatoms. The lowest BCUT2D eigenvalue weighted by molar-refractivity contribution is -0.144. The molecule has 0 aliphatic heterocycles. The highest BCUT2D eigenvalue weighted by Gasteiger charge is 2.51. The van der Waals surface area contributed by atoms with Gasteiger partial charge in [-0.1, -0.05) is 38.5 Å². The Bertz CT molecular complexity index is 473. The summed E-state index contributed by atoms with van der Waals surface area (Å²) in [6.07, 6.45) is 10.1. The molecule has 2 fully saturated rings. The Labute approximate surface area is 118 Å². The van der Waals surface area contributed by atoms with Gasteiger partial charge in [0.15, 0.2) is 5.82 Å². The van der Waals surface area contributed by atoms with Gasteiger partial charge in [-0.2, -0.15) is 0 Å². The Morgan fingerprint density at radius 3 is 2.55 bits per heavy atom. The molecule has 1 N–H and O–H groups in total. The minimum atomic E-state index is -0.714. The molecule has 20 heavy (non-hydrogen) atoms. The largest absolute Gasteiger partial charge is 0.481 e. The Balaban J connectivity index is 1.65. The van der Waals surface area contributed by atoms with Crippen LogP contribution in [-0.4, -0.2) is 31.3 Å². The standard InChI is InChI=1S/C14H22N4O2/c19-13(20)14(7-8-14)10-18-12(15-16-17-18)9-11-5-3-1-2-4-6-11/h11H,1-10H2,(H,19,20). The van der Waals surface area contributed by atoms with E-state index in [1.54, 1.807) is 4.68 Å². The Kier molecular flexibility index (Phi) is 3.72. The third-order valence-electron chi connectivity index (χ3n) is 4.81. The van der Waals surface area contributed by atoms with Crippen molar-refractivity contribution in [1.29, 1.82) is 0 Å². The van der Waals surface area contributed by atoms with Crippen LogP contribution in [0.5, 0.6) is 0 Å². The molecule has 0 amide bonds. The van der Waals surface area contributed by atoms with E-state index in [1.807, 2.05) is 0 Å². The molecule has 0 bridgehead atoms. The van der Waals surface area contributed by atoms with Crippen molar-refractivity contribution in [1.82, 2.24) is 20.2 Å². The van der Waals surface area contributed by atoms with Crippen LogP contribution in [0.3, 0.4) is 0 Å². The Morgan fingerprint density at radius 1 is 1.25 bits per heavy atom. The third-order valence-corrected chi connectivity index (χ3v) is 4.81. The van der Waals surface area contributed by atoms with Crippen molar-refractivity contribution in [3.05, 3.63) is 5.82 Å². The zero-order valence-electron chi connectivity index (χ0n) is 11.8. The van der Waals surface area contributed by atoms with Gasteiger partial charge in [-0.25, -0.2) is 4.68 Å². The molecule has 2 aliphatic rings. The van der Waals surface area contributed by atoms with E-state index in [0.717, 1.165) is 25.1 Å². The van der Waals surface area contributed by atoms with Gasteiger partial charge in [0.05, 0.1) is 12.0 Å². The number of carboxylic acid groups (broad SMARTS) is 1. The summed E-state index contributed by atoms with van der Waals surface area (Å²) in [6, 6.07) is 0. The van der Waals surface area contributed by atoms with Gasteiger partial charge in [0.25, 0.3) is 0 Å². The molecular formula is C14H22N4O2. The van der Waals surface area contributed by atoms with Gasteiger partial charge in [0.2, 0.25) is 0 Å². The van der Waals surface area contributed by atoms with Crippen LogP contribution >= 0.6 is 0 Å². The number of carboxylic acids is 1. The monoisotopic (exact) mass is 278 g/mol. The predicted molar refractivity (Wildman–Crippen MR) is 72.0 cm³/mol. The van der Waals surface area contributed by atoms with E-state index in [2.05, 4.69) is 15.5 Å². The second-order valence-electron chi connectivity index (χ2n) is 6.40. The van der Waals surface area contributed by atoms with E-state index in [-0.39, 0.29) is 0 Å². The summed E-state index contributed by atoms with van der Waals surface area (Å²) in [4.78, 5) is 11.3. The molecular weight excluding hydrogens is 256 g/mol. The van der Waals surface area contributed by atoms with Gasteiger partial charge in [-0.05, 0) is 29.2 Å². The number of hydrogen-bond donors (Lipinski definition) is 1. The van der Waals surface area contributed by atoms with Crippen molar-refractivity contribution in [2.24, 2.45) is 11.3 Å². The van der Waals surface area contributed by atoms with Crippen molar-refractivity contribution in [3.63, 3.8) is 0 Å². The fourth-order valence-electron chi connectivity index (χ4n) is 3.20. The van der Waals surface area contributed by atoms with Gasteiger partial charge >= 0.3 is 5.97 Å². The van der Waals surface area contributed by atoms with Gasteiger partial charge in [0, 0.05) is 6.42 Å². The van der Waals surface area contributed by atoms with Crippen molar-refractivity contribution in [2.75, 3.05) is 0 Å². The van der Waals surface area contributed by atoms with Crippen LogP contribution in [0, 0.1) is 11.3 Å². The highest BCUT2D eigenvalue weighted by atomic mass is 16.4. The van der Waals surface area contributed by atoms with Crippen LogP contribution in [0.4, 0.5) is 0 Å². The summed E-state index contributed by atoms with van der Waals surface area (Å²) in [7, 11) is 0. The third kappa shape index (κ3) is 2.83. The molecule has 6 nitrogen and oxygen atoms in total. The van der Waals surface area contributed by atoms with Crippen LogP contribution in [0.15, 0.2) is 0 Å². The van der Waals surface area contributed by atoms with Crippen LogP contribution in [0.25, 0.3) is 0 Å². The lowest BCUT2D eigenvalue weighted by Gasteiger charge is -2.15. The molecule has 0 unspecified atom stereocenters. The maximum atomic E-state index is 11.3. The zero-order valence-corrected chi connectivity index (χ0v) is 11.8. The minimum absolute atomic E-state index is 0.428. The fourth-order valence-corrected chi connectivity index (χ4v) is 3.20. The molecule has 1 aromatic heterocycles. The van der Waals surface area contributed by atoms with Crippen LogP contribution < -0.4 is 0 Å². The number of nitrogens with zero attached hydrogens (tertiary/aromatic N) is 4. The molecule has 110 valence electrons. The topological polar surface area (TPSA) is 80.9 Å². The lowest BCUT2D eigenvalue weighted by atomic mass is 9.96. The lowest BCUT2D eigenvalue weighted by Crippen LogP contribution is -2.24. The Morgan fingerprint density at radius 2 is 1.95 bits per heavy atom. The quantitative estimate of drug-likeness (QED) is 0.834. The highest BCUT2D eigenvalue weighted by Crippen LogP contribution is 2.47. The summed E-state index contributed by atoms with van der Waals surface area (Å²) in [5, 5.41) is 21.1. The molecule has 1 aromatic rings. The molecule has 2 saturated carbocycles. The van der Waals surface area contributed by atoms with Gasteiger partial charge in [-0.3, -0.25) is 4.79 Å². The summed E-state index contributed by atoms with van der Waals surface area (Å²) in [5.41, 5.74) is -0.604. The van der Waals surface area contributed by atoms with E-state index < -0.39 is 11.4 Å². The smallest absolute Gasteiger partial charge is 0.311 e.